The fraction of sp³-hybridized carbons (Fsp3) is 0.0769. The minimum Gasteiger partial charge on any atom is -0.0898 e. The monoisotopic (exact) mass is 312 g/mol. The zero-order valence-electron chi connectivity index (χ0n) is 8.71. The van der Waals surface area contributed by atoms with Crippen LogP contribution in [0.3, 0.4) is 0 Å². The van der Waals surface area contributed by atoms with E-state index in [-0.39, 0.29) is 0 Å². The van der Waals surface area contributed by atoms with E-state index in [9.17, 15) is 0 Å². The summed E-state index contributed by atoms with van der Waals surface area (Å²) in [5.41, 5.74) is 1.21. The second-order valence-corrected chi connectivity index (χ2v) is 5.93. The lowest BCUT2D eigenvalue weighted by molar-refractivity contribution is 1.29. The smallest absolute Gasteiger partial charge is 0.0409 e. The molecule has 0 aliphatic heterocycles. The van der Waals surface area contributed by atoms with Crippen molar-refractivity contribution in [3.63, 3.8) is 0 Å². The normalized spacial score (nSPS) is 10.4. The fourth-order valence-electron chi connectivity index (χ4n) is 1.36. The molecule has 0 amide bonds. The van der Waals surface area contributed by atoms with E-state index in [2.05, 4.69) is 41.1 Å². The van der Waals surface area contributed by atoms with Crippen molar-refractivity contribution in [2.24, 2.45) is 0 Å². The van der Waals surface area contributed by atoms with Gasteiger partial charge in [-0.3, -0.25) is 0 Å². The maximum atomic E-state index is 5.93. The molecule has 2 rings (SSSR count). The minimum absolute atomic E-state index is 0.789. The first kappa shape index (κ1) is 12.0. The van der Waals surface area contributed by atoms with E-state index in [1.165, 1.54) is 15.4 Å². The molecule has 82 valence electrons. The topological polar surface area (TPSA) is 0 Å². The van der Waals surface area contributed by atoms with Crippen LogP contribution in [0.15, 0.2) is 56.7 Å². The van der Waals surface area contributed by atoms with Crippen LogP contribution < -0.4 is 0 Å². The largest absolute Gasteiger partial charge is 0.0898 e. The highest BCUT2D eigenvalue weighted by molar-refractivity contribution is 9.10. The van der Waals surface area contributed by atoms with Crippen molar-refractivity contribution < 1.29 is 0 Å². The van der Waals surface area contributed by atoms with Crippen LogP contribution >= 0.6 is 39.3 Å². The second kappa shape index (κ2) is 5.26. The Bertz CT molecular complexity index is 494. The Morgan fingerprint density at radius 2 is 1.75 bits per heavy atom. The maximum Gasteiger partial charge on any atom is 0.0409 e. The second-order valence-electron chi connectivity index (χ2n) is 3.47. The molecular weight excluding hydrogens is 304 g/mol. The van der Waals surface area contributed by atoms with Crippen molar-refractivity contribution in [2.45, 2.75) is 16.7 Å². The van der Waals surface area contributed by atoms with E-state index in [4.69, 9.17) is 11.6 Å². The Morgan fingerprint density at radius 1 is 1.06 bits per heavy atom. The fourth-order valence-corrected chi connectivity index (χ4v) is 2.73. The van der Waals surface area contributed by atoms with Gasteiger partial charge >= 0.3 is 0 Å². The van der Waals surface area contributed by atoms with E-state index >= 15 is 0 Å². The van der Waals surface area contributed by atoms with Gasteiger partial charge < -0.3 is 0 Å². The van der Waals surface area contributed by atoms with Gasteiger partial charge in [-0.15, -0.1) is 0 Å². The third-order valence-electron chi connectivity index (χ3n) is 2.18. The van der Waals surface area contributed by atoms with Crippen LogP contribution in [-0.2, 0) is 0 Å². The first-order valence-corrected chi connectivity index (χ1v) is 6.83. The predicted molar refractivity (Wildman–Crippen MR) is 74.5 cm³/mol. The molecule has 0 heterocycles. The van der Waals surface area contributed by atoms with Crippen molar-refractivity contribution in [3.8, 4) is 0 Å². The molecule has 0 nitrogen and oxygen atoms in total. The van der Waals surface area contributed by atoms with Gasteiger partial charge in [-0.1, -0.05) is 39.3 Å². The molecule has 0 unspecified atom stereocenters. The van der Waals surface area contributed by atoms with Gasteiger partial charge in [0, 0.05) is 19.3 Å². The molecule has 3 heteroatoms. The highest BCUT2D eigenvalue weighted by atomic mass is 79.9. The third-order valence-corrected chi connectivity index (χ3v) is 4.13. The van der Waals surface area contributed by atoms with Gasteiger partial charge in [-0.05, 0) is 55.0 Å². The molecule has 0 aliphatic carbocycles. The molecule has 16 heavy (non-hydrogen) atoms. The van der Waals surface area contributed by atoms with Gasteiger partial charge in [0.15, 0.2) is 0 Å². The Morgan fingerprint density at radius 3 is 2.38 bits per heavy atom. The molecule has 2 aromatic rings. The maximum absolute atomic E-state index is 5.93. The molecule has 0 radical (unpaired) electrons. The minimum atomic E-state index is 0.789. The Kier molecular flexibility index (Phi) is 3.95. The summed E-state index contributed by atoms with van der Waals surface area (Å²) in [6, 6.07) is 14.3. The highest BCUT2D eigenvalue weighted by Crippen LogP contribution is 2.32. The summed E-state index contributed by atoms with van der Waals surface area (Å²) in [5, 5.41) is 0.789. The molecule has 0 aromatic heterocycles. The number of rotatable bonds is 2. The third kappa shape index (κ3) is 3.03. The lowest BCUT2D eigenvalue weighted by Gasteiger charge is -2.05. The van der Waals surface area contributed by atoms with Gasteiger partial charge in [-0.25, -0.2) is 0 Å². The summed E-state index contributed by atoms with van der Waals surface area (Å²) >= 11 is 11.1. The Balaban J connectivity index is 2.23. The average molecular weight is 314 g/mol. The van der Waals surface area contributed by atoms with E-state index in [1.54, 1.807) is 11.8 Å². The van der Waals surface area contributed by atoms with Crippen molar-refractivity contribution >= 4 is 39.3 Å². The predicted octanol–water partition coefficient (Wildman–Crippen LogP) is 5.56. The molecule has 0 spiro atoms. The quantitative estimate of drug-likeness (QED) is 0.699. The number of halogens is 2. The number of hydrogen-bond donors (Lipinski definition) is 0. The van der Waals surface area contributed by atoms with Crippen molar-refractivity contribution in [3.05, 3.63) is 57.5 Å². The molecule has 0 aliphatic rings. The van der Waals surface area contributed by atoms with Gasteiger partial charge in [0.2, 0.25) is 0 Å². The molecule has 0 saturated carbocycles. The summed E-state index contributed by atoms with van der Waals surface area (Å²) in [7, 11) is 0. The molecule has 0 atom stereocenters. The zero-order chi connectivity index (χ0) is 11.5. The van der Waals surface area contributed by atoms with E-state index < -0.39 is 0 Å². The molecule has 0 fully saturated rings. The van der Waals surface area contributed by atoms with E-state index in [0.29, 0.717) is 0 Å². The van der Waals surface area contributed by atoms with E-state index in [0.717, 1.165) is 9.50 Å². The van der Waals surface area contributed by atoms with Crippen LogP contribution in [0.4, 0.5) is 0 Å². The first-order valence-electron chi connectivity index (χ1n) is 4.85. The molecule has 0 N–H and O–H groups in total. The zero-order valence-corrected chi connectivity index (χ0v) is 11.9. The lowest BCUT2D eigenvalue weighted by Crippen LogP contribution is -1.79. The number of benzene rings is 2. The standard InChI is InChI=1S/C13H10BrClS/c1-9-8-11(15)4-7-13(9)16-12-5-2-10(14)3-6-12/h2-8H,1H3. The first-order chi connectivity index (χ1) is 7.65. The summed E-state index contributed by atoms with van der Waals surface area (Å²) in [4.78, 5) is 2.47. The summed E-state index contributed by atoms with van der Waals surface area (Å²) in [6.07, 6.45) is 0. The summed E-state index contributed by atoms with van der Waals surface area (Å²) in [6.45, 7) is 2.08. The summed E-state index contributed by atoms with van der Waals surface area (Å²) < 4.78 is 1.10. The van der Waals surface area contributed by atoms with Crippen LogP contribution in [0.1, 0.15) is 5.56 Å². The van der Waals surface area contributed by atoms with Crippen molar-refractivity contribution in [1.29, 1.82) is 0 Å². The highest BCUT2D eigenvalue weighted by Gasteiger charge is 2.01. The average Bonchev–Trinajstić information content (AvgIpc) is 2.25. The summed E-state index contributed by atoms with van der Waals surface area (Å²) in [5.74, 6) is 0. The van der Waals surface area contributed by atoms with Crippen LogP contribution in [0.5, 0.6) is 0 Å². The van der Waals surface area contributed by atoms with Crippen LogP contribution in [0.25, 0.3) is 0 Å². The molecular formula is C13H10BrClS. The van der Waals surface area contributed by atoms with Gasteiger partial charge in [-0.2, -0.15) is 0 Å². The van der Waals surface area contributed by atoms with Crippen molar-refractivity contribution in [2.75, 3.05) is 0 Å². The molecule has 0 saturated heterocycles. The van der Waals surface area contributed by atoms with Gasteiger partial charge in [0.05, 0.1) is 0 Å². The van der Waals surface area contributed by atoms with Gasteiger partial charge in [0.25, 0.3) is 0 Å². The SMILES string of the molecule is Cc1cc(Cl)ccc1Sc1ccc(Br)cc1. The molecule has 2 aromatic carbocycles. The lowest BCUT2D eigenvalue weighted by atomic mass is 10.2. The van der Waals surface area contributed by atoms with Crippen LogP contribution in [0, 0.1) is 6.92 Å². The Hall–Kier alpha value is -0.440. The number of hydrogen-bond acceptors (Lipinski definition) is 1. The molecule has 0 bridgehead atoms. The van der Waals surface area contributed by atoms with Crippen LogP contribution in [0.2, 0.25) is 5.02 Å². The van der Waals surface area contributed by atoms with Crippen molar-refractivity contribution in [1.82, 2.24) is 0 Å². The van der Waals surface area contributed by atoms with Gasteiger partial charge in [0.1, 0.15) is 0 Å². The van der Waals surface area contributed by atoms with E-state index in [1.807, 2.05) is 24.3 Å². The Labute approximate surface area is 113 Å². The van der Waals surface area contributed by atoms with Crippen LogP contribution in [-0.4, -0.2) is 0 Å². The number of aryl methyl sites for hydroxylation is 1.